The Balaban J connectivity index is 0.000000220. The molecule has 2 saturated carbocycles. The second-order valence-electron chi connectivity index (χ2n) is 13.8. The second-order valence-corrected chi connectivity index (χ2v) is 14.2. The quantitative estimate of drug-likeness (QED) is 0.196. The van der Waals surface area contributed by atoms with Gasteiger partial charge >= 0.3 is 0 Å². The summed E-state index contributed by atoms with van der Waals surface area (Å²) in [6, 6.07) is 17.1. The molecule has 4 aliphatic rings. The molecule has 4 fully saturated rings. The number of benzene rings is 2. The number of anilines is 1. The van der Waals surface area contributed by atoms with Crippen molar-refractivity contribution in [1.82, 2.24) is 9.80 Å². The van der Waals surface area contributed by atoms with Crippen LogP contribution in [-0.4, -0.2) is 49.1 Å². The van der Waals surface area contributed by atoms with E-state index in [1.165, 1.54) is 102 Å². The molecule has 0 amide bonds. The largest absolute Gasteiger partial charge is 0.399 e. The fourth-order valence-electron chi connectivity index (χ4n) is 8.37. The van der Waals surface area contributed by atoms with Crippen molar-refractivity contribution in [3.05, 3.63) is 64.7 Å². The Morgan fingerprint density at radius 3 is 1.50 bits per heavy atom. The van der Waals surface area contributed by atoms with Crippen molar-refractivity contribution in [3.8, 4) is 0 Å². The molecule has 42 heavy (non-hydrogen) atoms. The van der Waals surface area contributed by atoms with Crippen molar-refractivity contribution in [3.63, 3.8) is 0 Å². The van der Waals surface area contributed by atoms with Crippen LogP contribution in [0.5, 0.6) is 0 Å². The summed E-state index contributed by atoms with van der Waals surface area (Å²) in [6.45, 7) is 17.2. The Bertz CT molecular complexity index is 1000. The van der Waals surface area contributed by atoms with E-state index in [0.29, 0.717) is 10.8 Å². The summed E-state index contributed by atoms with van der Waals surface area (Å²) in [5.41, 5.74) is 10.6. The maximum Gasteiger partial charge on any atom is 0.0408 e. The maximum atomic E-state index is 6.15. The van der Waals surface area contributed by atoms with Crippen LogP contribution in [-0.2, 0) is 10.8 Å². The molecule has 2 heterocycles. The average Bonchev–Trinajstić information content (AvgIpc) is 3.45. The molecule has 2 aromatic rings. The van der Waals surface area contributed by atoms with Gasteiger partial charge in [0.2, 0.25) is 0 Å². The lowest BCUT2D eigenvalue weighted by Crippen LogP contribution is -2.29. The molecule has 4 unspecified atom stereocenters. The highest BCUT2D eigenvalue weighted by molar-refractivity contribution is 6.30. The van der Waals surface area contributed by atoms with Crippen molar-refractivity contribution in [2.24, 2.45) is 23.7 Å². The van der Waals surface area contributed by atoms with Crippen molar-refractivity contribution in [1.29, 1.82) is 0 Å². The van der Waals surface area contributed by atoms with Gasteiger partial charge in [-0.05, 0) is 85.0 Å². The van der Waals surface area contributed by atoms with Crippen LogP contribution in [0.3, 0.4) is 0 Å². The molecule has 2 aliphatic carbocycles. The molecule has 6 rings (SSSR count). The van der Waals surface area contributed by atoms with E-state index in [9.17, 15) is 0 Å². The van der Waals surface area contributed by atoms with Gasteiger partial charge in [0, 0.05) is 47.7 Å². The molecule has 236 valence electrons. The minimum absolute atomic E-state index is 0. The zero-order valence-corrected chi connectivity index (χ0v) is 26.4. The standard InChI is InChI=1S/C18H26ClN.C18H28N2.2CH4/c2*1-3-4-5-6-10-20-12-16-17(13-20)18(16,2)14-8-7-9-15(19)11-14;;/h7-9,11,16-17H,3-6,10,12-13H2,1-2H3;7-9,11,16-17H,3-6,10,12-13,19H2,1-2H3;2*1H4. The van der Waals surface area contributed by atoms with Gasteiger partial charge in [0.25, 0.3) is 0 Å². The van der Waals surface area contributed by atoms with E-state index in [4.69, 9.17) is 17.3 Å². The number of nitrogens with two attached hydrogens (primary N) is 1. The molecule has 0 bridgehead atoms. The lowest BCUT2D eigenvalue weighted by atomic mass is 9.92. The Morgan fingerprint density at radius 1 is 0.667 bits per heavy atom. The van der Waals surface area contributed by atoms with Crippen LogP contribution in [0.1, 0.15) is 105 Å². The Kier molecular flexibility index (Phi) is 12.4. The highest BCUT2D eigenvalue weighted by Crippen LogP contribution is 2.64. The van der Waals surface area contributed by atoms with E-state index < -0.39 is 0 Å². The molecule has 0 radical (unpaired) electrons. The number of nitrogens with zero attached hydrogens (tertiary/aromatic N) is 2. The summed E-state index contributed by atoms with van der Waals surface area (Å²) >= 11 is 6.15. The Labute approximate surface area is 264 Å². The van der Waals surface area contributed by atoms with Crippen LogP contribution in [0.4, 0.5) is 5.69 Å². The zero-order chi connectivity index (χ0) is 28.3. The zero-order valence-electron chi connectivity index (χ0n) is 25.7. The van der Waals surface area contributed by atoms with E-state index >= 15 is 0 Å². The summed E-state index contributed by atoms with van der Waals surface area (Å²) in [5.74, 6) is 3.42. The molecule has 2 saturated heterocycles. The van der Waals surface area contributed by atoms with Crippen LogP contribution < -0.4 is 5.73 Å². The highest BCUT2D eigenvalue weighted by Gasteiger charge is 2.66. The number of halogens is 1. The molecular formula is C38H62ClN3. The van der Waals surface area contributed by atoms with Gasteiger partial charge in [-0.3, -0.25) is 0 Å². The summed E-state index contributed by atoms with van der Waals surface area (Å²) in [4.78, 5) is 5.36. The monoisotopic (exact) mass is 595 g/mol. The predicted molar refractivity (Wildman–Crippen MR) is 186 cm³/mol. The minimum Gasteiger partial charge on any atom is -0.399 e. The molecule has 0 spiro atoms. The average molecular weight is 596 g/mol. The Morgan fingerprint density at radius 2 is 1.10 bits per heavy atom. The number of piperidine rings is 2. The third-order valence-corrected chi connectivity index (χ3v) is 11.5. The fourth-order valence-corrected chi connectivity index (χ4v) is 8.56. The van der Waals surface area contributed by atoms with E-state index in [1.54, 1.807) is 0 Å². The van der Waals surface area contributed by atoms with Crippen LogP contribution in [0.15, 0.2) is 48.5 Å². The Hall–Kier alpha value is -1.55. The first-order chi connectivity index (χ1) is 19.3. The first kappa shape index (κ1) is 34.9. The molecule has 2 N–H and O–H groups in total. The molecule has 2 aromatic carbocycles. The summed E-state index contributed by atoms with van der Waals surface area (Å²) in [6.07, 6.45) is 11.0. The number of hydrogen-bond donors (Lipinski definition) is 1. The second kappa shape index (κ2) is 15.0. The SMILES string of the molecule is C.C.CCCCCCN1CC2C(C1)C2(C)c1cccc(Cl)c1.CCCCCCN1CC2C(C1)C2(C)c1cccc(N)c1. The topological polar surface area (TPSA) is 32.5 Å². The van der Waals surface area contributed by atoms with Crippen LogP contribution in [0.2, 0.25) is 5.02 Å². The van der Waals surface area contributed by atoms with Gasteiger partial charge in [-0.15, -0.1) is 0 Å². The molecule has 0 aromatic heterocycles. The van der Waals surface area contributed by atoms with E-state index in [2.05, 4.69) is 73.9 Å². The van der Waals surface area contributed by atoms with Gasteiger partial charge < -0.3 is 15.5 Å². The number of unbranched alkanes of at least 4 members (excludes halogenated alkanes) is 6. The maximum absolute atomic E-state index is 6.15. The lowest BCUT2D eigenvalue weighted by Gasteiger charge is -2.24. The van der Waals surface area contributed by atoms with Gasteiger partial charge in [-0.2, -0.15) is 0 Å². The third-order valence-electron chi connectivity index (χ3n) is 11.3. The minimum atomic E-state index is 0. The number of rotatable bonds is 12. The fraction of sp³-hybridized carbons (Fsp3) is 0.684. The normalized spacial score (nSPS) is 30.8. The predicted octanol–water partition coefficient (Wildman–Crippen LogP) is 9.68. The summed E-state index contributed by atoms with van der Waals surface area (Å²) < 4.78 is 0. The van der Waals surface area contributed by atoms with Gasteiger partial charge in [-0.1, -0.05) is 117 Å². The number of nitrogen functional groups attached to an aromatic ring is 1. The molecule has 3 nitrogen and oxygen atoms in total. The molecule has 4 heteroatoms. The van der Waals surface area contributed by atoms with E-state index in [-0.39, 0.29) is 14.9 Å². The number of hydrogen-bond acceptors (Lipinski definition) is 3. The number of likely N-dealkylation sites (tertiary alicyclic amines) is 2. The van der Waals surface area contributed by atoms with Crippen LogP contribution in [0, 0.1) is 23.7 Å². The first-order valence-electron chi connectivity index (χ1n) is 16.4. The van der Waals surface area contributed by atoms with Gasteiger partial charge in [0.15, 0.2) is 0 Å². The van der Waals surface area contributed by atoms with E-state index in [0.717, 1.165) is 34.4 Å². The van der Waals surface area contributed by atoms with Crippen molar-refractivity contribution >= 4 is 17.3 Å². The number of fused-ring (bicyclic) bond motifs is 2. The first-order valence-corrected chi connectivity index (χ1v) is 16.8. The lowest BCUT2D eigenvalue weighted by molar-refractivity contribution is 0.271. The van der Waals surface area contributed by atoms with Crippen molar-refractivity contribution in [2.45, 2.75) is 105 Å². The highest BCUT2D eigenvalue weighted by atomic mass is 35.5. The van der Waals surface area contributed by atoms with Crippen LogP contribution >= 0.6 is 11.6 Å². The van der Waals surface area contributed by atoms with Gasteiger partial charge in [0.05, 0.1) is 0 Å². The van der Waals surface area contributed by atoms with Gasteiger partial charge in [0.1, 0.15) is 0 Å². The van der Waals surface area contributed by atoms with Crippen molar-refractivity contribution < 1.29 is 0 Å². The molecular weight excluding hydrogens is 534 g/mol. The van der Waals surface area contributed by atoms with Gasteiger partial charge in [-0.25, -0.2) is 0 Å². The molecule has 4 atom stereocenters. The summed E-state index contributed by atoms with van der Waals surface area (Å²) in [5, 5.41) is 0.880. The van der Waals surface area contributed by atoms with Crippen molar-refractivity contribution in [2.75, 3.05) is 45.0 Å². The summed E-state index contributed by atoms with van der Waals surface area (Å²) in [7, 11) is 0. The van der Waals surface area contributed by atoms with E-state index in [1.807, 2.05) is 12.1 Å². The smallest absolute Gasteiger partial charge is 0.0408 e. The third kappa shape index (κ3) is 7.22. The molecule has 2 aliphatic heterocycles. The van der Waals surface area contributed by atoms with Crippen LogP contribution in [0.25, 0.3) is 0 Å².